The van der Waals surface area contributed by atoms with E-state index in [1.165, 1.54) is 51.5 Å². The van der Waals surface area contributed by atoms with Crippen molar-refractivity contribution >= 4 is 121 Å². The van der Waals surface area contributed by atoms with Gasteiger partial charge in [0, 0.05) is 36.5 Å². The first-order chi connectivity index (χ1) is 44.8. The van der Waals surface area contributed by atoms with Crippen molar-refractivity contribution in [3.05, 3.63) is 244 Å². The van der Waals surface area contributed by atoms with Crippen molar-refractivity contribution in [2.24, 2.45) is 0 Å². The van der Waals surface area contributed by atoms with Crippen LogP contribution in [0.2, 0.25) is 0 Å². The Balaban J connectivity index is 0.000000154. The lowest BCUT2D eigenvalue weighted by atomic mass is 10.1. The number of nitrogens with zero attached hydrogens (tertiary/aromatic N) is 4. The number of halogens is 6. The fraction of sp³-hybridized carbons (Fsp3) is 0.0870. The summed E-state index contributed by atoms with van der Waals surface area (Å²) in [5.74, 6) is 0.107. The number of fused-ring (bicyclic) bond motifs is 3. The zero-order chi connectivity index (χ0) is 67.1. The predicted octanol–water partition coefficient (Wildman–Crippen LogP) is 15.1. The zero-order valence-corrected chi connectivity index (χ0v) is 54.6. The van der Waals surface area contributed by atoms with Gasteiger partial charge in [0.2, 0.25) is 30.1 Å². The second-order valence-corrected chi connectivity index (χ2v) is 27.5. The zero-order valence-electron chi connectivity index (χ0n) is 50.6. The Morgan fingerprint density at radius 3 is 1.13 bits per heavy atom. The van der Waals surface area contributed by atoms with Gasteiger partial charge >= 0.3 is 6.18 Å². The number of H-pyrrole nitrogens is 3. The lowest BCUT2D eigenvalue weighted by Gasteiger charge is -2.11. The second kappa shape index (κ2) is 28.2. The molecule has 0 radical (unpaired) electrons. The monoisotopic (exact) mass is 1390 g/mol. The van der Waals surface area contributed by atoms with Gasteiger partial charge in [-0.2, -0.15) is 13.2 Å². The maximum Gasteiger partial charge on any atom is 0.419 e. The van der Waals surface area contributed by atoms with E-state index in [0.717, 1.165) is 61.9 Å². The summed E-state index contributed by atoms with van der Waals surface area (Å²) in [5.41, 5.74) is 10.4. The summed E-state index contributed by atoms with van der Waals surface area (Å²) < 4.78 is 147. The van der Waals surface area contributed by atoms with Gasteiger partial charge in [-0.25, -0.2) is 63.2 Å². The molecule has 6 N–H and O–H groups in total. The number of alkyl halides is 3. The van der Waals surface area contributed by atoms with Crippen molar-refractivity contribution in [2.45, 2.75) is 20.9 Å². The smallest absolute Gasteiger partial charge is 0.378 e. The number of rotatable bonds is 16. The highest BCUT2D eigenvalue weighted by molar-refractivity contribution is 9.10. The molecule has 16 nitrogen and oxygen atoms in total. The van der Waals surface area contributed by atoms with Gasteiger partial charge < -0.3 is 19.9 Å². The first-order valence-electron chi connectivity index (χ1n) is 28.5. The number of imidazole rings is 3. The van der Waals surface area contributed by atoms with Crippen molar-refractivity contribution < 1.29 is 47.2 Å². The van der Waals surface area contributed by atoms with E-state index >= 15 is 0 Å². The van der Waals surface area contributed by atoms with Crippen LogP contribution >= 0.6 is 15.9 Å². The number of anilines is 1. The van der Waals surface area contributed by atoms with Crippen molar-refractivity contribution in [1.29, 1.82) is 0 Å². The van der Waals surface area contributed by atoms with Crippen LogP contribution in [-0.2, 0) is 36.2 Å². The maximum atomic E-state index is 13.8. The van der Waals surface area contributed by atoms with Crippen LogP contribution < -0.4 is 19.1 Å². The summed E-state index contributed by atoms with van der Waals surface area (Å²) in [6, 6.07) is 52.6. The number of nitrogens with one attached hydrogen (secondary N) is 6. The molecule has 480 valence electrons. The molecule has 0 aliphatic carbocycles. The molecule has 12 rings (SSSR count). The van der Waals surface area contributed by atoms with E-state index in [-0.39, 0.29) is 26.1 Å². The van der Waals surface area contributed by atoms with E-state index in [9.17, 15) is 47.2 Å². The van der Waals surface area contributed by atoms with Crippen LogP contribution in [0.25, 0.3) is 103 Å². The van der Waals surface area contributed by atoms with Crippen molar-refractivity contribution in [3.8, 4) is 33.4 Å². The van der Waals surface area contributed by atoms with E-state index in [1.807, 2.05) is 74.8 Å². The normalized spacial score (nSPS) is 12.2. The van der Waals surface area contributed by atoms with E-state index in [4.69, 9.17) is 0 Å². The van der Waals surface area contributed by atoms with Crippen molar-refractivity contribution in [2.75, 3.05) is 40.1 Å². The molecule has 0 atom stereocenters. The molecule has 0 spiro atoms. The molecule has 0 saturated heterocycles. The molecule has 94 heavy (non-hydrogen) atoms. The van der Waals surface area contributed by atoms with E-state index < -0.39 is 47.6 Å². The van der Waals surface area contributed by atoms with E-state index in [2.05, 4.69) is 89.2 Å². The Morgan fingerprint density at radius 2 is 0.777 bits per heavy atom. The quantitative estimate of drug-likeness (QED) is 0.0502. The highest BCUT2D eigenvalue weighted by atomic mass is 79.9. The standard InChI is InChI=1S/C24H24N4O2S.C23H17F4N3O2S.C22H17BrFN3O2S/c1-25-31(29,30)23-7-5-4-6-20(23)18-11-14-21-22(16-18)27-24(26-21)15-10-17-8-12-19(13-9-17)28(2)3;1-28-33(31,32)21-5-3-2-4-16(21)15-8-10-19-20(13-15)30-22(29-19)11-7-14-6-9-17(18(24)12-14)23(25,26)27;1-25-30(28,29)21-5-3-2-4-16(21)15-8-10-19-20(13-15)27-22(26-19)11-7-14-6-9-18(24)17(23)12-14/h4-16,25H,1-3H3,(H,26,27);2-13,28H,1H3,(H,29,30);2-13,25H,1H3,(H,26,27)/b15-10+;2*11-7+. The van der Waals surface area contributed by atoms with Crippen LogP contribution in [0.5, 0.6) is 0 Å². The fourth-order valence-corrected chi connectivity index (χ4v) is 13.1. The van der Waals surface area contributed by atoms with E-state index in [0.29, 0.717) is 55.5 Å². The van der Waals surface area contributed by atoms with Gasteiger partial charge in [-0.05, 0) is 180 Å². The maximum absolute atomic E-state index is 13.8. The third-order valence-corrected chi connectivity index (χ3v) is 19.7. The van der Waals surface area contributed by atoms with Crippen molar-refractivity contribution in [1.82, 2.24) is 44.1 Å². The topological polar surface area (TPSA) is 228 Å². The Hall–Kier alpha value is -9.73. The molecular weight excluding hydrogens is 1340 g/mol. The fourth-order valence-electron chi connectivity index (χ4n) is 9.87. The van der Waals surface area contributed by atoms with Crippen LogP contribution in [-0.4, -0.2) is 90.4 Å². The molecule has 0 unspecified atom stereocenters. The third-order valence-electron chi connectivity index (χ3n) is 14.7. The number of hydrogen-bond donors (Lipinski definition) is 6. The van der Waals surface area contributed by atoms with Gasteiger partial charge in [0.1, 0.15) is 29.1 Å². The summed E-state index contributed by atoms with van der Waals surface area (Å²) in [6.07, 6.45) is 5.78. The molecular formula is C69H58BrF5N10O6S3. The van der Waals surface area contributed by atoms with Crippen LogP contribution in [0, 0.1) is 11.6 Å². The summed E-state index contributed by atoms with van der Waals surface area (Å²) in [5, 5.41) is 0. The van der Waals surface area contributed by atoms with Gasteiger partial charge in [-0.1, -0.05) is 115 Å². The molecule has 0 saturated carbocycles. The van der Waals surface area contributed by atoms with Crippen molar-refractivity contribution in [3.63, 3.8) is 0 Å². The molecule has 12 aromatic rings. The van der Waals surface area contributed by atoms with Crippen LogP contribution in [0.15, 0.2) is 207 Å². The van der Waals surface area contributed by atoms with Gasteiger partial charge in [0.15, 0.2) is 0 Å². The minimum atomic E-state index is -4.76. The van der Waals surface area contributed by atoms with Gasteiger partial charge in [0.25, 0.3) is 0 Å². The average molecular weight is 1390 g/mol. The molecule has 0 bridgehead atoms. The predicted molar refractivity (Wildman–Crippen MR) is 366 cm³/mol. The Labute approximate surface area is 547 Å². The lowest BCUT2D eigenvalue weighted by molar-refractivity contribution is -0.140. The Morgan fingerprint density at radius 1 is 0.426 bits per heavy atom. The molecule has 3 heterocycles. The molecule has 0 aliphatic heterocycles. The first kappa shape index (κ1) is 67.2. The SMILES string of the molecule is CNS(=O)(=O)c1ccccc1-c1ccc2nc(/C=C/c3ccc(C(F)(F)F)c(F)c3)[nH]c2c1.CNS(=O)(=O)c1ccccc1-c1ccc2nc(/C=C/c3ccc(F)c(Br)c3)[nH]c2c1.CNS(=O)(=O)c1ccccc1-c1ccc2nc(/C=C/c3ccc(N(C)C)cc3)[nH]c2c1. The number of aromatic amines is 3. The average Bonchev–Trinajstić information content (AvgIpc) is 1.71. The summed E-state index contributed by atoms with van der Waals surface area (Å²) in [6.45, 7) is 0. The summed E-state index contributed by atoms with van der Waals surface area (Å²) in [4.78, 5) is 25.8. The molecule has 9 aromatic carbocycles. The molecule has 25 heteroatoms. The summed E-state index contributed by atoms with van der Waals surface area (Å²) >= 11 is 3.18. The van der Waals surface area contributed by atoms with E-state index in [1.54, 1.807) is 97.1 Å². The molecule has 0 aliphatic rings. The summed E-state index contributed by atoms with van der Waals surface area (Å²) in [7, 11) is -2.65. The highest BCUT2D eigenvalue weighted by Gasteiger charge is 2.34. The van der Waals surface area contributed by atoms with Gasteiger partial charge in [-0.3, -0.25) is 0 Å². The minimum Gasteiger partial charge on any atom is -0.378 e. The number of aromatic nitrogens is 6. The molecule has 3 aromatic heterocycles. The lowest BCUT2D eigenvalue weighted by Crippen LogP contribution is -2.19. The third kappa shape index (κ3) is 15.7. The molecule has 0 fully saturated rings. The first-order valence-corrected chi connectivity index (χ1v) is 33.8. The van der Waals surface area contributed by atoms with Crippen LogP contribution in [0.4, 0.5) is 27.6 Å². The van der Waals surface area contributed by atoms with Crippen LogP contribution in [0.1, 0.15) is 39.7 Å². The number of benzene rings is 9. The minimum absolute atomic E-state index is 0.135. The molecule has 0 amide bonds. The Bertz CT molecular complexity index is 5250. The number of sulfonamides is 3. The largest absolute Gasteiger partial charge is 0.419 e. The van der Waals surface area contributed by atoms with Crippen LogP contribution in [0.3, 0.4) is 0 Å². The Kier molecular flexibility index (Phi) is 20.2. The number of hydrogen-bond acceptors (Lipinski definition) is 10. The highest BCUT2D eigenvalue weighted by Crippen LogP contribution is 2.35. The van der Waals surface area contributed by atoms with Gasteiger partial charge in [-0.15, -0.1) is 0 Å². The second-order valence-electron chi connectivity index (χ2n) is 21.1. The van der Waals surface area contributed by atoms with Gasteiger partial charge in [0.05, 0.1) is 57.8 Å².